The van der Waals surface area contributed by atoms with Gasteiger partial charge in [0.1, 0.15) is 0 Å². The third-order valence-corrected chi connectivity index (χ3v) is 3.45. The van der Waals surface area contributed by atoms with Crippen LogP contribution in [0.2, 0.25) is 0 Å². The highest BCUT2D eigenvalue weighted by molar-refractivity contribution is 5.74. The fourth-order valence-electron chi connectivity index (χ4n) is 2.18. The lowest BCUT2D eigenvalue weighted by atomic mass is 9.93. The number of rotatable bonds is 4. The quantitative estimate of drug-likeness (QED) is 0.817. The zero-order valence-corrected chi connectivity index (χ0v) is 11.5. The predicted octanol–water partition coefficient (Wildman–Crippen LogP) is 1.90. The van der Waals surface area contributed by atoms with E-state index in [1.165, 1.54) is 6.42 Å². The van der Waals surface area contributed by atoms with E-state index in [4.69, 9.17) is 5.73 Å². The lowest BCUT2D eigenvalue weighted by Crippen LogP contribution is -2.49. The highest BCUT2D eigenvalue weighted by Gasteiger charge is 2.26. The van der Waals surface area contributed by atoms with Crippen molar-refractivity contribution < 1.29 is 4.79 Å². The molecule has 0 aromatic rings. The van der Waals surface area contributed by atoms with E-state index in [9.17, 15) is 4.79 Å². The summed E-state index contributed by atoms with van der Waals surface area (Å²) < 4.78 is 0. The molecule has 1 heterocycles. The third-order valence-electron chi connectivity index (χ3n) is 3.45. The molecule has 0 spiro atoms. The molecule has 0 unspecified atom stereocenters. The van der Waals surface area contributed by atoms with Crippen molar-refractivity contribution in [2.75, 3.05) is 32.7 Å². The van der Waals surface area contributed by atoms with Crippen LogP contribution in [0, 0.1) is 5.41 Å². The highest BCUT2D eigenvalue weighted by Crippen LogP contribution is 2.17. The number of piperidine rings is 1. The summed E-state index contributed by atoms with van der Waals surface area (Å²) in [7, 11) is 0. The minimum atomic E-state index is 0.00145. The second-order valence-electron chi connectivity index (χ2n) is 5.71. The Morgan fingerprint density at radius 2 is 1.88 bits per heavy atom. The number of urea groups is 1. The minimum absolute atomic E-state index is 0.00145. The van der Waals surface area contributed by atoms with Crippen LogP contribution >= 0.6 is 0 Å². The molecule has 0 radical (unpaired) electrons. The molecule has 2 N–H and O–H groups in total. The van der Waals surface area contributed by atoms with Crippen molar-refractivity contribution in [3.05, 3.63) is 0 Å². The standard InChI is InChI=1S/C13H27N3O/c1-4-15(11-13(2,3)10-14)12(17)16-8-6-5-7-9-16/h4-11,14H2,1-3H3. The smallest absolute Gasteiger partial charge is 0.320 e. The fraction of sp³-hybridized carbons (Fsp3) is 0.923. The highest BCUT2D eigenvalue weighted by atomic mass is 16.2. The summed E-state index contributed by atoms with van der Waals surface area (Å²) >= 11 is 0. The van der Waals surface area contributed by atoms with E-state index >= 15 is 0 Å². The molecule has 100 valence electrons. The predicted molar refractivity (Wildman–Crippen MR) is 70.9 cm³/mol. The second kappa shape index (κ2) is 6.24. The number of hydrogen-bond acceptors (Lipinski definition) is 2. The molecule has 2 amide bonds. The molecule has 17 heavy (non-hydrogen) atoms. The molecule has 1 saturated heterocycles. The summed E-state index contributed by atoms with van der Waals surface area (Å²) in [5.74, 6) is 0. The Kier molecular flexibility index (Phi) is 5.25. The van der Waals surface area contributed by atoms with Gasteiger partial charge in [0.05, 0.1) is 0 Å². The van der Waals surface area contributed by atoms with Crippen LogP contribution in [-0.4, -0.2) is 48.6 Å². The SMILES string of the molecule is CCN(CC(C)(C)CN)C(=O)N1CCCCC1. The summed E-state index contributed by atoms with van der Waals surface area (Å²) in [4.78, 5) is 16.2. The lowest BCUT2D eigenvalue weighted by molar-refractivity contribution is 0.127. The molecule has 0 saturated carbocycles. The molecule has 0 aliphatic carbocycles. The summed E-state index contributed by atoms with van der Waals surface area (Å²) in [5, 5.41) is 0. The van der Waals surface area contributed by atoms with Gasteiger partial charge in [-0.2, -0.15) is 0 Å². The first-order valence-electron chi connectivity index (χ1n) is 6.74. The van der Waals surface area contributed by atoms with Crippen molar-refractivity contribution in [3.63, 3.8) is 0 Å². The number of likely N-dealkylation sites (tertiary alicyclic amines) is 1. The maximum Gasteiger partial charge on any atom is 0.320 e. The van der Waals surface area contributed by atoms with E-state index in [0.717, 1.165) is 39.0 Å². The first kappa shape index (κ1) is 14.3. The Balaban J connectivity index is 2.56. The molecule has 1 fully saturated rings. The maximum atomic E-state index is 12.3. The van der Waals surface area contributed by atoms with Crippen LogP contribution in [0.1, 0.15) is 40.0 Å². The first-order chi connectivity index (χ1) is 8.00. The van der Waals surface area contributed by atoms with Gasteiger partial charge in [0.2, 0.25) is 0 Å². The molecule has 1 rings (SSSR count). The van der Waals surface area contributed by atoms with Crippen molar-refractivity contribution in [3.8, 4) is 0 Å². The molecule has 0 atom stereocenters. The van der Waals surface area contributed by atoms with Gasteiger partial charge in [0.15, 0.2) is 0 Å². The van der Waals surface area contributed by atoms with Gasteiger partial charge in [-0.3, -0.25) is 0 Å². The minimum Gasteiger partial charge on any atom is -0.330 e. The number of nitrogens with two attached hydrogens (primary N) is 1. The molecular weight excluding hydrogens is 214 g/mol. The van der Waals surface area contributed by atoms with E-state index in [2.05, 4.69) is 13.8 Å². The van der Waals surface area contributed by atoms with Gasteiger partial charge in [-0.05, 0) is 38.1 Å². The zero-order chi connectivity index (χ0) is 12.9. The van der Waals surface area contributed by atoms with Gasteiger partial charge < -0.3 is 15.5 Å². The topological polar surface area (TPSA) is 49.6 Å². The summed E-state index contributed by atoms with van der Waals surface area (Å²) in [6.07, 6.45) is 3.54. The van der Waals surface area contributed by atoms with Gasteiger partial charge in [0, 0.05) is 26.2 Å². The van der Waals surface area contributed by atoms with E-state index in [-0.39, 0.29) is 11.4 Å². The molecule has 0 aromatic heterocycles. The van der Waals surface area contributed by atoms with Crippen molar-refractivity contribution in [2.45, 2.75) is 40.0 Å². The Bertz CT molecular complexity index is 247. The first-order valence-corrected chi connectivity index (χ1v) is 6.74. The average Bonchev–Trinajstić information content (AvgIpc) is 2.36. The number of nitrogens with zero attached hydrogens (tertiary/aromatic N) is 2. The van der Waals surface area contributed by atoms with E-state index in [1.54, 1.807) is 0 Å². The van der Waals surface area contributed by atoms with Gasteiger partial charge >= 0.3 is 6.03 Å². The van der Waals surface area contributed by atoms with Crippen molar-refractivity contribution >= 4 is 6.03 Å². The third kappa shape index (κ3) is 4.19. The summed E-state index contributed by atoms with van der Waals surface area (Å²) in [6, 6.07) is 0.189. The normalized spacial score (nSPS) is 17.1. The molecule has 1 aliphatic rings. The largest absolute Gasteiger partial charge is 0.330 e. The van der Waals surface area contributed by atoms with Crippen LogP contribution in [0.4, 0.5) is 4.79 Å². The van der Waals surface area contributed by atoms with Gasteiger partial charge in [-0.1, -0.05) is 13.8 Å². The van der Waals surface area contributed by atoms with Crippen LogP contribution in [0.15, 0.2) is 0 Å². The number of carbonyl (C=O) groups excluding carboxylic acids is 1. The van der Waals surface area contributed by atoms with Crippen molar-refractivity contribution in [1.29, 1.82) is 0 Å². The van der Waals surface area contributed by atoms with Crippen LogP contribution in [-0.2, 0) is 0 Å². The Labute approximate surface area is 105 Å². The van der Waals surface area contributed by atoms with Gasteiger partial charge in [-0.15, -0.1) is 0 Å². The Morgan fingerprint density at radius 3 is 2.35 bits per heavy atom. The molecule has 0 aromatic carbocycles. The van der Waals surface area contributed by atoms with Crippen LogP contribution in [0.3, 0.4) is 0 Å². The van der Waals surface area contributed by atoms with E-state index in [1.807, 2.05) is 16.7 Å². The summed E-state index contributed by atoms with van der Waals surface area (Å²) in [6.45, 7) is 10.2. The van der Waals surface area contributed by atoms with E-state index < -0.39 is 0 Å². The maximum absolute atomic E-state index is 12.3. The Hall–Kier alpha value is -0.770. The number of amides is 2. The van der Waals surface area contributed by atoms with Gasteiger partial charge in [0.25, 0.3) is 0 Å². The fourth-order valence-corrected chi connectivity index (χ4v) is 2.18. The van der Waals surface area contributed by atoms with Crippen LogP contribution in [0.25, 0.3) is 0 Å². The zero-order valence-electron chi connectivity index (χ0n) is 11.5. The van der Waals surface area contributed by atoms with Crippen LogP contribution in [0.5, 0.6) is 0 Å². The molecular formula is C13H27N3O. The monoisotopic (exact) mass is 241 g/mol. The van der Waals surface area contributed by atoms with Crippen molar-refractivity contribution in [2.24, 2.45) is 11.1 Å². The number of hydrogen-bond donors (Lipinski definition) is 1. The van der Waals surface area contributed by atoms with Crippen LogP contribution < -0.4 is 5.73 Å². The van der Waals surface area contributed by atoms with Crippen molar-refractivity contribution in [1.82, 2.24) is 9.80 Å². The number of carbonyl (C=O) groups is 1. The Morgan fingerprint density at radius 1 is 1.29 bits per heavy atom. The van der Waals surface area contributed by atoms with Gasteiger partial charge in [-0.25, -0.2) is 4.79 Å². The molecule has 4 nitrogen and oxygen atoms in total. The average molecular weight is 241 g/mol. The molecule has 0 bridgehead atoms. The molecule has 1 aliphatic heterocycles. The molecule has 4 heteroatoms. The lowest BCUT2D eigenvalue weighted by Gasteiger charge is -2.36. The second-order valence-corrected chi connectivity index (χ2v) is 5.71. The summed E-state index contributed by atoms with van der Waals surface area (Å²) in [5.41, 5.74) is 5.74. The van der Waals surface area contributed by atoms with E-state index in [0.29, 0.717) is 6.54 Å².